The van der Waals surface area contributed by atoms with Crippen molar-refractivity contribution in [2.45, 2.75) is 6.92 Å². The standard InChI is InChI=1S/C13H13FN4/c1-2-5-17-9-18-8-13(16)10-3-4-11(7-15)12(14)6-10/h2-6,8,16-17H,9H2,1H3/b5-2-,16-13?,18-8?. The molecule has 0 aliphatic rings. The molecule has 0 saturated heterocycles. The van der Waals surface area contributed by atoms with Gasteiger partial charge < -0.3 is 5.32 Å². The van der Waals surface area contributed by atoms with Crippen molar-refractivity contribution in [3.63, 3.8) is 0 Å². The lowest BCUT2D eigenvalue weighted by molar-refractivity contribution is 0.623. The number of nitrogens with zero attached hydrogens (tertiary/aromatic N) is 2. The van der Waals surface area contributed by atoms with Gasteiger partial charge in [-0.1, -0.05) is 12.1 Å². The average Bonchev–Trinajstić information content (AvgIpc) is 2.38. The summed E-state index contributed by atoms with van der Waals surface area (Å²) in [5.41, 5.74) is 0.459. The van der Waals surface area contributed by atoms with Crippen LogP contribution in [0.5, 0.6) is 0 Å². The summed E-state index contributed by atoms with van der Waals surface area (Å²) >= 11 is 0. The molecule has 18 heavy (non-hydrogen) atoms. The number of hydrogen-bond acceptors (Lipinski definition) is 4. The van der Waals surface area contributed by atoms with Crippen LogP contribution in [0, 0.1) is 22.6 Å². The van der Waals surface area contributed by atoms with Crippen molar-refractivity contribution >= 4 is 11.9 Å². The molecule has 0 heterocycles. The van der Waals surface area contributed by atoms with Crippen LogP contribution in [0.1, 0.15) is 18.1 Å². The highest BCUT2D eigenvalue weighted by molar-refractivity contribution is 6.36. The molecule has 0 fully saturated rings. The molecule has 4 nitrogen and oxygen atoms in total. The van der Waals surface area contributed by atoms with E-state index in [1.54, 1.807) is 12.3 Å². The third-order valence-corrected chi connectivity index (χ3v) is 2.09. The largest absolute Gasteiger partial charge is 0.373 e. The second-order valence-corrected chi connectivity index (χ2v) is 3.39. The van der Waals surface area contributed by atoms with Gasteiger partial charge in [0, 0.05) is 11.8 Å². The Labute approximate surface area is 105 Å². The molecule has 0 amide bonds. The summed E-state index contributed by atoms with van der Waals surface area (Å²) in [5, 5.41) is 19.2. The summed E-state index contributed by atoms with van der Waals surface area (Å²) in [6.07, 6.45) is 4.91. The topological polar surface area (TPSA) is 72.0 Å². The minimum Gasteiger partial charge on any atom is -0.373 e. The third kappa shape index (κ3) is 3.83. The normalized spacial score (nSPS) is 10.7. The molecule has 0 saturated carbocycles. The zero-order valence-electron chi connectivity index (χ0n) is 9.94. The van der Waals surface area contributed by atoms with E-state index in [0.29, 0.717) is 12.2 Å². The fraction of sp³-hybridized carbons (Fsp3) is 0.154. The molecule has 1 aromatic carbocycles. The maximum Gasteiger partial charge on any atom is 0.141 e. The predicted octanol–water partition coefficient (Wildman–Crippen LogP) is 2.22. The zero-order valence-corrected chi connectivity index (χ0v) is 9.94. The molecule has 0 aliphatic carbocycles. The van der Waals surface area contributed by atoms with E-state index in [2.05, 4.69) is 10.3 Å². The van der Waals surface area contributed by atoms with Crippen LogP contribution in [0.25, 0.3) is 0 Å². The van der Waals surface area contributed by atoms with Gasteiger partial charge in [0.05, 0.1) is 11.3 Å². The quantitative estimate of drug-likeness (QED) is 0.615. The van der Waals surface area contributed by atoms with Crippen LogP contribution in [0.3, 0.4) is 0 Å². The van der Waals surface area contributed by atoms with Gasteiger partial charge in [-0.3, -0.25) is 10.4 Å². The van der Waals surface area contributed by atoms with Gasteiger partial charge >= 0.3 is 0 Å². The van der Waals surface area contributed by atoms with Crippen LogP contribution in [-0.2, 0) is 0 Å². The van der Waals surface area contributed by atoms with Crippen LogP contribution >= 0.6 is 0 Å². The lowest BCUT2D eigenvalue weighted by atomic mass is 10.1. The average molecular weight is 244 g/mol. The summed E-state index contributed by atoms with van der Waals surface area (Å²) in [6.45, 7) is 2.23. The van der Waals surface area contributed by atoms with Crippen molar-refractivity contribution in [1.82, 2.24) is 5.32 Å². The fourth-order valence-electron chi connectivity index (χ4n) is 1.21. The van der Waals surface area contributed by atoms with E-state index in [1.165, 1.54) is 18.3 Å². The van der Waals surface area contributed by atoms with Crippen LogP contribution in [-0.4, -0.2) is 18.6 Å². The Morgan fingerprint density at radius 1 is 1.61 bits per heavy atom. The smallest absolute Gasteiger partial charge is 0.141 e. The maximum absolute atomic E-state index is 13.3. The summed E-state index contributed by atoms with van der Waals surface area (Å²) in [7, 11) is 0. The van der Waals surface area contributed by atoms with Gasteiger partial charge in [0.2, 0.25) is 0 Å². The van der Waals surface area contributed by atoms with Gasteiger partial charge in [-0.15, -0.1) is 0 Å². The second kappa shape index (κ2) is 6.97. The summed E-state index contributed by atoms with van der Waals surface area (Å²) in [4.78, 5) is 3.96. The number of aliphatic imine (C=N–C) groups is 1. The van der Waals surface area contributed by atoms with Crippen LogP contribution < -0.4 is 5.32 Å². The number of benzene rings is 1. The first-order valence-corrected chi connectivity index (χ1v) is 5.32. The van der Waals surface area contributed by atoms with Crippen molar-refractivity contribution in [3.8, 4) is 6.07 Å². The molecule has 0 spiro atoms. The summed E-state index contributed by atoms with van der Waals surface area (Å²) < 4.78 is 13.3. The number of halogens is 1. The molecule has 1 aromatic rings. The van der Waals surface area contributed by atoms with Crippen LogP contribution in [0.15, 0.2) is 35.5 Å². The van der Waals surface area contributed by atoms with E-state index in [-0.39, 0.29) is 11.3 Å². The van der Waals surface area contributed by atoms with Gasteiger partial charge in [0.25, 0.3) is 0 Å². The Morgan fingerprint density at radius 3 is 3.00 bits per heavy atom. The van der Waals surface area contributed by atoms with Crippen molar-refractivity contribution in [3.05, 3.63) is 47.4 Å². The number of nitriles is 1. The highest BCUT2D eigenvalue weighted by Gasteiger charge is 2.04. The minimum absolute atomic E-state index is 0.0294. The number of rotatable bonds is 5. The van der Waals surface area contributed by atoms with Crippen molar-refractivity contribution in [1.29, 1.82) is 10.7 Å². The Balaban J connectivity index is 2.68. The molecule has 2 N–H and O–H groups in total. The van der Waals surface area contributed by atoms with Crippen molar-refractivity contribution < 1.29 is 4.39 Å². The Kier molecular flexibility index (Phi) is 5.26. The van der Waals surface area contributed by atoms with Gasteiger partial charge in [0.1, 0.15) is 18.6 Å². The molecule has 0 bridgehead atoms. The summed E-state index contributed by atoms with van der Waals surface area (Å²) in [6, 6.07) is 5.77. The van der Waals surface area contributed by atoms with Crippen LogP contribution in [0.4, 0.5) is 4.39 Å². The SMILES string of the molecule is C/C=C\NCN=CC(=N)c1ccc(C#N)c(F)c1. The first kappa shape index (κ1) is 13.6. The lowest BCUT2D eigenvalue weighted by Crippen LogP contribution is -2.07. The van der Waals surface area contributed by atoms with E-state index < -0.39 is 5.82 Å². The molecule has 1 rings (SSSR count). The Bertz CT molecular complexity index is 526. The third-order valence-electron chi connectivity index (χ3n) is 2.09. The molecule has 0 unspecified atom stereocenters. The van der Waals surface area contributed by atoms with E-state index in [0.717, 1.165) is 6.07 Å². The molecular formula is C13H13FN4. The first-order valence-electron chi connectivity index (χ1n) is 5.32. The predicted molar refractivity (Wildman–Crippen MR) is 69.3 cm³/mol. The van der Waals surface area contributed by atoms with Gasteiger partial charge in [-0.25, -0.2) is 4.39 Å². The monoisotopic (exact) mass is 244 g/mol. The molecule has 0 aliphatic heterocycles. The molecular weight excluding hydrogens is 231 g/mol. The molecule has 0 radical (unpaired) electrons. The van der Waals surface area contributed by atoms with Gasteiger partial charge in [-0.05, 0) is 25.3 Å². The highest BCUT2D eigenvalue weighted by Crippen LogP contribution is 2.09. The Hall–Kier alpha value is -2.48. The van der Waals surface area contributed by atoms with E-state index in [1.807, 2.05) is 13.0 Å². The van der Waals surface area contributed by atoms with Crippen LogP contribution in [0.2, 0.25) is 0 Å². The number of allylic oxidation sites excluding steroid dienone is 1. The van der Waals surface area contributed by atoms with E-state index >= 15 is 0 Å². The van der Waals surface area contributed by atoms with E-state index in [9.17, 15) is 4.39 Å². The van der Waals surface area contributed by atoms with Crippen molar-refractivity contribution in [2.24, 2.45) is 4.99 Å². The maximum atomic E-state index is 13.3. The number of nitrogens with one attached hydrogen (secondary N) is 2. The lowest BCUT2D eigenvalue weighted by Gasteiger charge is -2.00. The molecule has 5 heteroatoms. The molecule has 92 valence electrons. The number of hydrogen-bond donors (Lipinski definition) is 2. The second-order valence-electron chi connectivity index (χ2n) is 3.39. The first-order chi connectivity index (χ1) is 8.69. The van der Waals surface area contributed by atoms with Gasteiger partial charge in [-0.2, -0.15) is 5.26 Å². The highest BCUT2D eigenvalue weighted by atomic mass is 19.1. The summed E-state index contributed by atoms with van der Waals surface area (Å²) in [5.74, 6) is -0.625. The van der Waals surface area contributed by atoms with E-state index in [4.69, 9.17) is 10.7 Å². The van der Waals surface area contributed by atoms with Gasteiger partial charge in [0.15, 0.2) is 0 Å². The molecule has 0 aromatic heterocycles. The molecule has 0 atom stereocenters. The minimum atomic E-state index is -0.625. The van der Waals surface area contributed by atoms with Crippen molar-refractivity contribution in [2.75, 3.05) is 6.67 Å². The Morgan fingerprint density at radius 2 is 2.39 bits per heavy atom. The fourth-order valence-corrected chi connectivity index (χ4v) is 1.21. The zero-order chi connectivity index (χ0) is 13.4.